The van der Waals surface area contributed by atoms with Crippen molar-refractivity contribution < 1.29 is 13.5 Å². The molecule has 3 rings (SSSR count). The minimum Gasteiger partial charge on any atom is -0.494 e. The van der Waals surface area contributed by atoms with E-state index in [9.17, 15) is 8.78 Å². The van der Waals surface area contributed by atoms with Crippen LogP contribution in [0.4, 0.5) is 14.6 Å². The molecule has 8 heteroatoms. The van der Waals surface area contributed by atoms with Gasteiger partial charge in [0.1, 0.15) is 29.0 Å². The number of fused-ring (bicyclic) bond motifs is 1. The number of nitrogens with one attached hydrogen (secondary N) is 1. The van der Waals surface area contributed by atoms with Crippen molar-refractivity contribution >= 4 is 40.7 Å². The van der Waals surface area contributed by atoms with Gasteiger partial charge in [-0.05, 0) is 25.1 Å². The van der Waals surface area contributed by atoms with Gasteiger partial charge in [-0.15, -0.1) is 24.0 Å². The first kappa shape index (κ1) is 20.1. The molecule has 0 unspecified atom stereocenters. The Bertz CT molecular complexity index is 909. The number of ether oxygens (including phenoxy) is 1. The van der Waals surface area contributed by atoms with Crippen LogP contribution in [0.2, 0.25) is 0 Å². The first-order valence-electron chi connectivity index (χ1n) is 7.78. The normalized spacial score (nSPS) is 10.5. The summed E-state index contributed by atoms with van der Waals surface area (Å²) >= 11 is 5.81. The lowest BCUT2D eigenvalue weighted by Gasteiger charge is -2.12. The molecule has 0 atom stereocenters. The maximum absolute atomic E-state index is 14.2. The van der Waals surface area contributed by atoms with E-state index in [1.54, 1.807) is 24.3 Å². The molecule has 0 bridgehead atoms. The number of hydrogen-bond acceptors (Lipinski definition) is 4. The number of rotatable bonds is 6. The van der Waals surface area contributed by atoms with E-state index in [1.165, 1.54) is 12.1 Å². The van der Waals surface area contributed by atoms with E-state index in [0.717, 1.165) is 0 Å². The lowest BCUT2D eigenvalue weighted by Crippen LogP contribution is -2.07. The average Bonchev–Trinajstić information content (AvgIpc) is 2.61. The summed E-state index contributed by atoms with van der Waals surface area (Å²) in [5, 5.41) is 3.23. The second-order valence-electron chi connectivity index (χ2n) is 5.30. The van der Waals surface area contributed by atoms with Crippen molar-refractivity contribution in [3.63, 3.8) is 0 Å². The Morgan fingerprint density at radius 2 is 1.92 bits per heavy atom. The fourth-order valence-corrected chi connectivity index (χ4v) is 2.60. The Morgan fingerprint density at radius 3 is 2.62 bits per heavy atom. The molecule has 1 N–H and O–H groups in total. The van der Waals surface area contributed by atoms with Crippen LogP contribution in [0.5, 0.6) is 5.75 Å². The second-order valence-corrected chi connectivity index (χ2v) is 5.56. The molecule has 0 aliphatic rings. The summed E-state index contributed by atoms with van der Waals surface area (Å²) < 4.78 is 33.6. The van der Waals surface area contributed by atoms with Gasteiger partial charge in [0.25, 0.3) is 0 Å². The number of benzene rings is 2. The van der Waals surface area contributed by atoms with Crippen LogP contribution < -0.4 is 10.1 Å². The molecule has 0 aliphatic carbocycles. The van der Waals surface area contributed by atoms with Crippen LogP contribution in [-0.2, 0) is 12.4 Å². The zero-order chi connectivity index (χ0) is 17.8. The molecule has 26 heavy (non-hydrogen) atoms. The van der Waals surface area contributed by atoms with Crippen LogP contribution in [0.1, 0.15) is 18.3 Å². The van der Waals surface area contributed by atoms with E-state index < -0.39 is 11.6 Å². The molecule has 4 nitrogen and oxygen atoms in total. The van der Waals surface area contributed by atoms with E-state index in [1.807, 2.05) is 6.92 Å². The predicted molar refractivity (Wildman–Crippen MR) is 101 cm³/mol. The zero-order valence-electron chi connectivity index (χ0n) is 13.9. The van der Waals surface area contributed by atoms with Gasteiger partial charge < -0.3 is 10.1 Å². The third-order valence-corrected chi connectivity index (χ3v) is 3.86. The summed E-state index contributed by atoms with van der Waals surface area (Å²) in [6.07, 6.45) is 0. The van der Waals surface area contributed by atoms with Gasteiger partial charge in [0.2, 0.25) is 0 Å². The van der Waals surface area contributed by atoms with Crippen LogP contribution in [0.25, 0.3) is 10.9 Å². The number of halogens is 4. The third kappa shape index (κ3) is 4.31. The number of aromatic nitrogens is 2. The molecule has 0 saturated carbocycles. The molecular formula is C18H17Cl2F2N3O. The first-order valence-corrected chi connectivity index (χ1v) is 8.32. The van der Waals surface area contributed by atoms with E-state index in [2.05, 4.69) is 15.3 Å². The van der Waals surface area contributed by atoms with Gasteiger partial charge in [-0.25, -0.2) is 18.7 Å². The van der Waals surface area contributed by atoms with Crippen molar-refractivity contribution in [1.29, 1.82) is 0 Å². The molecule has 0 saturated heterocycles. The number of alkyl halides is 1. The van der Waals surface area contributed by atoms with Gasteiger partial charge in [-0.3, -0.25) is 0 Å². The SMILES string of the molecule is CCOc1ccc(CNc2nc(CCl)nc3cccc(F)c23)c(F)c1.Cl. The summed E-state index contributed by atoms with van der Waals surface area (Å²) in [7, 11) is 0. The standard InChI is InChI=1S/C18H16ClF2N3O.ClH/c1-2-25-12-7-6-11(14(21)8-12)10-22-18-17-13(20)4-3-5-15(17)23-16(9-19)24-18;/h3-8H,2,9-10H2,1H3,(H,22,23,24);1H. The van der Waals surface area contributed by atoms with Gasteiger partial charge in [0, 0.05) is 18.2 Å². The smallest absolute Gasteiger partial charge is 0.146 e. The Kier molecular flexibility index (Phi) is 6.94. The highest BCUT2D eigenvalue weighted by atomic mass is 35.5. The summed E-state index contributed by atoms with van der Waals surface area (Å²) in [6.45, 7) is 2.43. The first-order chi connectivity index (χ1) is 12.1. The van der Waals surface area contributed by atoms with Crippen LogP contribution >= 0.6 is 24.0 Å². The van der Waals surface area contributed by atoms with Crippen molar-refractivity contribution in [1.82, 2.24) is 9.97 Å². The Labute approximate surface area is 161 Å². The lowest BCUT2D eigenvalue weighted by molar-refractivity contribution is 0.338. The summed E-state index contributed by atoms with van der Waals surface area (Å²) in [6, 6.07) is 9.21. The fourth-order valence-electron chi connectivity index (χ4n) is 2.48. The molecule has 1 heterocycles. The van der Waals surface area contributed by atoms with Crippen molar-refractivity contribution in [2.24, 2.45) is 0 Å². The van der Waals surface area contributed by atoms with Gasteiger partial charge in [-0.1, -0.05) is 12.1 Å². The largest absolute Gasteiger partial charge is 0.494 e. The molecule has 0 amide bonds. The fraction of sp³-hybridized carbons (Fsp3) is 0.222. The third-order valence-electron chi connectivity index (χ3n) is 3.62. The molecule has 0 radical (unpaired) electrons. The minimum atomic E-state index is -0.451. The maximum Gasteiger partial charge on any atom is 0.146 e. The second kappa shape index (κ2) is 8.96. The topological polar surface area (TPSA) is 47.0 Å². The van der Waals surface area contributed by atoms with E-state index >= 15 is 0 Å². The Hall–Kier alpha value is -2.18. The molecule has 3 aromatic rings. The minimum absolute atomic E-state index is 0. The Morgan fingerprint density at radius 1 is 1.12 bits per heavy atom. The Balaban J connectivity index is 0.00000243. The maximum atomic E-state index is 14.2. The van der Waals surface area contributed by atoms with E-state index in [0.29, 0.717) is 29.3 Å². The number of nitrogens with zero attached hydrogens (tertiary/aromatic N) is 2. The van der Waals surface area contributed by atoms with Crippen LogP contribution in [-0.4, -0.2) is 16.6 Å². The molecule has 138 valence electrons. The molecule has 0 spiro atoms. The lowest BCUT2D eigenvalue weighted by atomic mass is 10.2. The predicted octanol–water partition coefficient (Wildman–Crippen LogP) is 5.08. The van der Waals surface area contributed by atoms with Crippen molar-refractivity contribution in [3.8, 4) is 5.75 Å². The molecule has 0 fully saturated rings. The van der Waals surface area contributed by atoms with E-state index in [-0.39, 0.29) is 36.0 Å². The van der Waals surface area contributed by atoms with Gasteiger partial charge in [0.15, 0.2) is 0 Å². The quantitative estimate of drug-likeness (QED) is 0.587. The number of anilines is 1. The summed E-state index contributed by atoms with van der Waals surface area (Å²) in [4.78, 5) is 8.44. The molecule has 0 aliphatic heterocycles. The highest BCUT2D eigenvalue weighted by Crippen LogP contribution is 2.25. The van der Waals surface area contributed by atoms with Crippen LogP contribution in [0, 0.1) is 11.6 Å². The molecular weight excluding hydrogens is 383 g/mol. The van der Waals surface area contributed by atoms with Crippen LogP contribution in [0.15, 0.2) is 36.4 Å². The van der Waals surface area contributed by atoms with Crippen molar-refractivity contribution in [2.75, 3.05) is 11.9 Å². The van der Waals surface area contributed by atoms with Crippen molar-refractivity contribution in [3.05, 3.63) is 59.4 Å². The van der Waals surface area contributed by atoms with Gasteiger partial charge >= 0.3 is 0 Å². The summed E-state index contributed by atoms with van der Waals surface area (Å²) in [5.41, 5.74) is 0.860. The van der Waals surface area contributed by atoms with Gasteiger partial charge in [0.05, 0.1) is 23.4 Å². The van der Waals surface area contributed by atoms with E-state index in [4.69, 9.17) is 16.3 Å². The zero-order valence-corrected chi connectivity index (χ0v) is 15.5. The van der Waals surface area contributed by atoms with Crippen molar-refractivity contribution in [2.45, 2.75) is 19.3 Å². The molecule has 1 aromatic heterocycles. The van der Waals surface area contributed by atoms with Crippen LogP contribution in [0.3, 0.4) is 0 Å². The monoisotopic (exact) mass is 399 g/mol. The molecule has 2 aromatic carbocycles. The van der Waals surface area contributed by atoms with Gasteiger partial charge in [-0.2, -0.15) is 0 Å². The highest BCUT2D eigenvalue weighted by molar-refractivity contribution is 6.16. The average molecular weight is 400 g/mol. The number of hydrogen-bond donors (Lipinski definition) is 1. The summed E-state index contributed by atoms with van der Waals surface area (Å²) in [5.74, 6) is 0.356. The highest BCUT2D eigenvalue weighted by Gasteiger charge is 2.12.